The van der Waals surface area contributed by atoms with E-state index in [1.54, 1.807) is 12.3 Å². The molecule has 7 heteroatoms. The lowest BCUT2D eigenvalue weighted by molar-refractivity contribution is 0.0407. The third kappa shape index (κ3) is 4.31. The van der Waals surface area contributed by atoms with Gasteiger partial charge in [-0.3, -0.25) is 9.69 Å². The van der Waals surface area contributed by atoms with E-state index in [9.17, 15) is 9.90 Å². The van der Waals surface area contributed by atoms with Gasteiger partial charge in [0.1, 0.15) is 5.82 Å². The summed E-state index contributed by atoms with van der Waals surface area (Å²) < 4.78 is 0. The Kier molecular flexibility index (Phi) is 5.54. The Hall–Kier alpha value is -2.51. The van der Waals surface area contributed by atoms with Crippen LogP contribution in [0.25, 0.3) is 11.4 Å². The van der Waals surface area contributed by atoms with Gasteiger partial charge in [0.05, 0.1) is 0 Å². The monoisotopic (exact) mass is 381 g/mol. The molecule has 1 aliphatic heterocycles. The molecule has 0 spiro atoms. The van der Waals surface area contributed by atoms with Gasteiger partial charge in [-0.15, -0.1) is 0 Å². The van der Waals surface area contributed by atoms with Crippen LogP contribution in [0.2, 0.25) is 0 Å². The number of benzene rings is 1. The van der Waals surface area contributed by atoms with Crippen LogP contribution in [-0.4, -0.2) is 69.6 Å². The zero-order chi connectivity index (χ0) is 19.5. The highest BCUT2D eigenvalue weighted by Crippen LogP contribution is 2.31. The molecule has 4 rings (SSSR count). The van der Waals surface area contributed by atoms with Crippen LogP contribution < -0.4 is 5.73 Å². The van der Waals surface area contributed by atoms with Crippen LogP contribution in [0.1, 0.15) is 29.6 Å². The molecule has 3 N–H and O–H groups in total. The molecule has 1 aromatic heterocycles. The number of piperazine rings is 1. The lowest BCUT2D eigenvalue weighted by atomic mass is 10.1. The Labute approximate surface area is 165 Å². The zero-order valence-electron chi connectivity index (χ0n) is 16.0. The number of nitrogens with two attached hydrogens (primary N) is 1. The van der Waals surface area contributed by atoms with Crippen LogP contribution >= 0.6 is 0 Å². The zero-order valence-corrected chi connectivity index (χ0v) is 16.0. The highest BCUT2D eigenvalue weighted by Gasteiger charge is 2.33. The van der Waals surface area contributed by atoms with Crippen LogP contribution in [0.4, 0.5) is 5.82 Å². The van der Waals surface area contributed by atoms with E-state index in [0.717, 1.165) is 31.1 Å². The number of nitrogen functional groups attached to an aromatic ring is 1. The van der Waals surface area contributed by atoms with Gasteiger partial charge in [0.15, 0.2) is 5.82 Å². The van der Waals surface area contributed by atoms with Crippen molar-refractivity contribution in [3.63, 3.8) is 0 Å². The van der Waals surface area contributed by atoms with E-state index in [0.29, 0.717) is 30.2 Å². The standard InChI is InChI=1S/C21H27N5O2/c22-19-7-9-23-20(24-19)16-3-5-17(6-4-16)21(28)26-11-10-25(13-15-1-2-15)18(14-26)8-12-27/h3-7,9,15,18,27H,1-2,8,10-14H2,(H2,22,23,24). The summed E-state index contributed by atoms with van der Waals surface area (Å²) in [5.74, 6) is 1.82. The summed E-state index contributed by atoms with van der Waals surface area (Å²) >= 11 is 0. The number of aromatic nitrogens is 2. The van der Waals surface area contributed by atoms with E-state index in [-0.39, 0.29) is 18.6 Å². The average Bonchev–Trinajstić information content (AvgIpc) is 3.53. The van der Waals surface area contributed by atoms with Gasteiger partial charge in [-0.1, -0.05) is 12.1 Å². The molecule has 2 fully saturated rings. The van der Waals surface area contributed by atoms with Gasteiger partial charge in [0, 0.05) is 56.2 Å². The molecule has 0 bridgehead atoms. The Morgan fingerprint density at radius 1 is 1.18 bits per heavy atom. The number of aliphatic hydroxyl groups is 1. The topological polar surface area (TPSA) is 95.6 Å². The smallest absolute Gasteiger partial charge is 0.253 e. The van der Waals surface area contributed by atoms with Crippen molar-refractivity contribution in [1.82, 2.24) is 19.8 Å². The van der Waals surface area contributed by atoms with Crippen LogP contribution in [0.5, 0.6) is 0 Å². The Morgan fingerprint density at radius 3 is 2.64 bits per heavy atom. The number of hydrogen-bond acceptors (Lipinski definition) is 6. The van der Waals surface area contributed by atoms with E-state index >= 15 is 0 Å². The SMILES string of the molecule is Nc1ccnc(-c2ccc(C(=O)N3CCN(CC4CC4)C(CCO)C3)cc2)n1. The summed E-state index contributed by atoms with van der Waals surface area (Å²) in [5.41, 5.74) is 7.21. The second-order valence-electron chi connectivity index (χ2n) is 7.74. The third-order valence-corrected chi connectivity index (χ3v) is 5.61. The summed E-state index contributed by atoms with van der Waals surface area (Å²) in [7, 11) is 0. The van der Waals surface area contributed by atoms with Crippen molar-refractivity contribution < 1.29 is 9.90 Å². The molecular formula is C21H27N5O2. The average molecular weight is 381 g/mol. The molecule has 1 aromatic carbocycles. The maximum absolute atomic E-state index is 13.0. The normalized spacial score (nSPS) is 20.3. The van der Waals surface area contributed by atoms with Crippen LogP contribution in [-0.2, 0) is 0 Å². The second kappa shape index (κ2) is 8.24. The highest BCUT2D eigenvalue weighted by molar-refractivity contribution is 5.94. The van der Waals surface area contributed by atoms with Crippen molar-refractivity contribution in [2.45, 2.75) is 25.3 Å². The molecule has 148 valence electrons. The first-order valence-electron chi connectivity index (χ1n) is 9.97. The first kappa shape index (κ1) is 18.8. The predicted molar refractivity (Wildman–Crippen MR) is 108 cm³/mol. The van der Waals surface area contributed by atoms with Crippen molar-refractivity contribution in [3.8, 4) is 11.4 Å². The van der Waals surface area contributed by atoms with Crippen LogP contribution in [0.3, 0.4) is 0 Å². The first-order valence-corrected chi connectivity index (χ1v) is 9.97. The number of nitrogens with zero attached hydrogens (tertiary/aromatic N) is 4. The summed E-state index contributed by atoms with van der Waals surface area (Å²) in [6, 6.07) is 9.24. The van der Waals surface area contributed by atoms with Gasteiger partial charge in [-0.2, -0.15) is 0 Å². The minimum Gasteiger partial charge on any atom is -0.396 e. The fraction of sp³-hybridized carbons (Fsp3) is 0.476. The van der Waals surface area contributed by atoms with E-state index < -0.39 is 0 Å². The molecule has 2 heterocycles. The van der Waals surface area contributed by atoms with Crippen LogP contribution in [0, 0.1) is 5.92 Å². The first-order chi connectivity index (χ1) is 13.6. The van der Waals surface area contributed by atoms with Gasteiger partial charge < -0.3 is 15.7 Å². The highest BCUT2D eigenvalue weighted by atomic mass is 16.3. The second-order valence-corrected chi connectivity index (χ2v) is 7.74. The van der Waals surface area contributed by atoms with Crippen molar-refractivity contribution in [1.29, 1.82) is 0 Å². The molecular weight excluding hydrogens is 354 g/mol. The molecule has 2 aromatic rings. The maximum Gasteiger partial charge on any atom is 0.253 e. The number of carbonyl (C=O) groups excluding carboxylic acids is 1. The molecule has 28 heavy (non-hydrogen) atoms. The van der Waals surface area contributed by atoms with Crippen molar-refractivity contribution in [2.24, 2.45) is 5.92 Å². The number of anilines is 1. The lowest BCUT2D eigenvalue weighted by Crippen LogP contribution is -2.55. The molecule has 1 aliphatic carbocycles. The summed E-state index contributed by atoms with van der Waals surface area (Å²) in [6.45, 7) is 3.53. The number of amides is 1. The molecule has 2 aliphatic rings. The van der Waals surface area contributed by atoms with E-state index in [4.69, 9.17) is 5.73 Å². The number of carbonyl (C=O) groups is 1. The molecule has 1 saturated heterocycles. The van der Waals surface area contributed by atoms with Crippen molar-refractivity contribution in [2.75, 3.05) is 38.5 Å². The Morgan fingerprint density at radius 2 is 1.96 bits per heavy atom. The summed E-state index contributed by atoms with van der Waals surface area (Å²) in [6.07, 6.45) is 4.96. The van der Waals surface area contributed by atoms with E-state index in [2.05, 4.69) is 14.9 Å². The van der Waals surface area contributed by atoms with E-state index in [1.165, 1.54) is 12.8 Å². The maximum atomic E-state index is 13.0. The predicted octanol–water partition coefficient (Wildman–Crippen LogP) is 1.64. The largest absolute Gasteiger partial charge is 0.396 e. The van der Waals surface area contributed by atoms with Gasteiger partial charge >= 0.3 is 0 Å². The van der Waals surface area contributed by atoms with Crippen molar-refractivity contribution >= 4 is 11.7 Å². The van der Waals surface area contributed by atoms with Crippen LogP contribution in [0.15, 0.2) is 36.5 Å². The van der Waals surface area contributed by atoms with Gasteiger partial charge in [-0.25, -0.2) is 9.97 Å². The number of hydrogen-bond donors (Lipinski definition) is 2. The third-order valence-electron chi connectivity index (χ3n) is 5.61. The fourth-order valence-corrected chi connectivity index (χ4v) is 3.83. The number of rotatable bonds is 6. The minimum atomic E-state index is 0.0362. The molecule has 1 saturated carbocycles. The Balaban J connectivity index is 1.43. The molecule has 0 radical (unpaired) electrons. The summed E-state index contributed by atoms with van der Waals surface area (Å²) in [5, 5.41) is 9.44. The van der Waals surface area contributed by atoms with Gasteiger partial charge in [0.2, 0.25) is 0 Å². The van der Waals surface area contributed by atoms with Gasteiger partial charge in [-0.05, 0) is 43.4 Å². The molecule has 1 unspecified atom stereocenters. The number of aliphatic hydroxyl groups excluding tert-OH is 1. The Bertz CT molecular complexity index is 822. The molecule has 7 nitrogen and oxygen atoms in total. The minimum absolute atomic E-state index is 0.0362. The fourth-order valence-electron chi connectivity index (χ4n) is 3.83. The summed E-state index contributed by atoms with van der Waals surface area (Å²) in [4.78, 5) is 25.8. The molecule has 1 amide bonds. The quantitative estimate of drug-likeness (QED) is 0.790. The van der Waals surface area contributed by atoms with Gasteiger partial charge in [0.25, 0.3) is 5.91 Å². The lowest BCUT2D eigenvalue weighted by Gasteiger charge is -2.41. The molecule has 1 atom stereocenters. The van der Waals surface area contributed by atoms with E-state index in [1.807, 2.05) is 29.2 Å². The van der Waals surface area contributed by atoms with Crippen molar-refractivity contribution in [3.05, 3.63) is 42.1 Å².